The smallest absolute Gasteiger partial charge is 0.422 e. The van der Waals surface area contributed by atoms with Gasteiger partial charge in [-0.25, -0.2) is 19.1 Å². The molecule has 10 heteroatoms. The second-order valence-electron chi connectivity index (χ2n) is 10.2. The van der Waals surface area contributed by atoms with Crippen molar-refractivity contribution < 1.29 is 23.9 Å². The molecule has 0 N–H and O–H groups in total. The largest absolute Gasteiger partial charge is 0.443 e. The molecule has 1 aromatic heterocycles. The van der Waals surface area contributed by atoms with Crippen LogP contribution in [-0.4, -0.2) is 49.3 Å². The summed E-state index contributed by atoms with van der Waals surface area (Å²) in [5, 5.41) is 7.73. The summed E-state index contributed by atoms with van der Waals surface area (Å²) in [5.74, 6) is -0.255. The fourth-order valence-electron chi connectivity index (χ4n) is 3.19. The molecular formula is C27H32N4O5S. The Labute approximate surface area is 221 Å². The van der Waals surface area contributed by atoms with E-state index in [1.165, 1.54) is 4.57 Å². The predicted molar refractivity (Wildman–Crippen MR) is 143 cm³/mol. The summed E-state index contributed by atoms with van der Waals surface area (Å²) in [6.07, 6.45) is -1.47. The third kappa shape index (κ3) is 7.42. The van der Waals surface area contributed by atoms with Gasteiger partial charge in [0.1, 0.15) is 11.2 Å². The summed E-state index contributed by atoms with van der Waals surface area (Å²) in [7, 11) is 0. The number of imide groups is 1. The minimum absolute atomic E-state index is 0.158. The molecule has 0 saturated carbocycles. The molecule has 0 fully saturated rings. The second kappa shape index (κ2) is 11.2. The number of benzene rings is 2. The third-order valence-electron chi connectivity index (χ3n) is 4.68. The van der Waals surface area contributed by atoms with Crippen LogP contribution in [0.25, 0.3) is 11.4 Å². The van der Waals surface area contributed by atoms with Crippen LogP contribution in [0.2, 0.25) is 0 Å². The topological polar surface area (TPSA) is 104 Å². The lowest BCUT2D eigenvalue weighted by atomic mass is 10.2. The van der Waals surface area contributed by atoms with Gasteiger partial charge in [-0.1, -0.05) is 60.3 Å². The highest BCUT2D eigenvalue weighted by Crippen LogP contribution is 2.30. The quantitative estimate of drug-likeness (QED) is 0.365. The van der Waals surface area contributed by atoms with Crippen LogP contribution in [0.4, 0.5) is 15.3 Å². The number of aromatic nitrogens is 3. The van der Waals surface area contributed by atoms with Crippen molar-refractivity contribution in [1.29, 1.82) is 0 Å². The lowest BCUT2D eigenvalue weighted by molar-refractivity contribution is -0.117. The number of carbonyl (C=O) groups excluding carboxylic acids is 3. The van der Waals surface area contributed by atoms with Crippen molar-refractivity contribution in [3.8, 4) is 11.4 Å². The molecule has 3 aromatic rings. The van der Waals surface area contributed by atoms with Crippen molar-refractivity contribution in [2.75, 3.05) is 4.90 Å². The molecule has 2 amide bonds. The van der Waals surface area contributed by atoms with E-state index in [9.17, 15) is 14.4 Å². The fraction of sp³-hybridized carbons (Fsp3) is 0.370. The van der Waals surface area contributed by atoms with Crippen LogP contribution >= 0.6 is 11.8 Å². The number of hydrogen-bond donors (Lipinski definition) is 0. The van der Waals surface area contributed by atoms with E-state index in [0.717, 1.165) is 16.7 Å². The van der Waals surface area contributed by atoms with Crippen LogP contribution in [-0.2, 0) is 14.3 Å². The summed E-state index contributed by atoms with van der Waals surface area (Å²) >= 11 is 0.996. The number of hydrogen-bond acceptors (Lipinski definition) is 8. The Balaban J connectivity index is 1.97. The molecule has 0 aliphatic carbocycles. The molecule has 0 saturated heterocycles. The minimum Gasteiger partial charge on any atom is -0.443 e. The summed E-state index contributed by atoms with van der Waals surface area (Å²) in [4.78, 5) is 40.8. The number of para-hydroxylation sites is 1. The first kappa shape index (κ1) is 27.9. The molecule has 0 radical (unpaired) electrons. The monoisotopic (exact) mass is 524 g/mol. The number of rotatable bonds is 5. The van der Waals surface area contributed by atoms with E-state index in [2.05, 4.69) is 10.2 Å². The van der Waals surface area contributed by atoms with Gasteiger partial charge in [-0.15, -0.1) is 10.2 Å². The van der Waals surface area contributed by atoms with Crippen LogP contribution in [0.5, 0.6) is 0 Å². The standard InChI is InChI=1S/C27H32N4O5S/c1-18(22(32)30(20-16-12-9-13-17-20)24(33)35-26(2,3)4)37-23-29-28-21(19-14-10-8-11-15-19)31(23)25(34)36-27(5,6)7/h8-18H,1-7H3. The van der Waals surface area contributed by atoms with Crippen LogP contribution in [0.3, 0.4) is 0 Å². The molecule has 0 aliphatic heterocycles. The molecule has 1 unspecified atom stereocenters. The Hall–Kier alpha value is -3.66. The van der Waals surface area contributed by atoms with E-state index in [0.29, 0.717) is 11.3 Å². The summed E-state index contributed by atoms with van der Waals surface area (Å²) < 4.78 is 12.3. The van der Waals surface area contributed by atoms with Crippen LogP contribution in [0.1, 0.15) is 48.5 Å². The zero-order chi connectivity index (χ0) is 27.4. The molecule has 2 aromatic carbocycles. The van der Waals surface area contributed by atoms with Gasteiger partial charge >= 0.3 is 12.2 Å². The molecule has 196 valence electrons. The first-order valence-corrected chi connectivity index (χ1v) is 12.7. The Kier molecular flexibility index (Phi) is 8.42. The number of amides is 2. The normalized spacial score (nSPS) is 12.5. The molecule has 0 bridgehead atoms. The lowest BCUT2D eigenvalue weighted by Gasteiger charge is -2.27. The molecule has 0 aliphatic rings. The molecule has 1 heterocycles. The van der Waals surface area contributed by atoms with Crippen LogP contribution in [0, 0.1) is 0 Å². The fourth-order valence-corrected chi connectivity index (χ4v) is 4.07. The van der Waals surface area contributed by atoms with Gasteiger partial charge in [-0.05, 0) is 60.6 Å². The lowest BCUT2D eigenvalue weighted by Crippen LogP contribution is -2.44. The van der Waals surface area contributed by atoms with Gasteiger partial charge in [0, 0.05) is 5.56 Å². The highest BCUT2D eigenvalue weighted by molar-refractivity contribution is 8.00. The van der Waals surface area contributed by atoms with E-state index in [1.54, 1.807) is 90.9 Å². The Morgan fingerprint density at radius 2 is 1.38 bits per heavy atom. The highest BCUT2D eigenvalue weighted by Gasteiger charge is 2.34. The average molecular weight is 525 g/mol. The van der Waals surface area contributed by atoms with Gasteiger partial charge < -0.3 is 9.47 Å². The van der Waals surface area contributed by atoms with Gasteiger partial charge in [0.15, 0.2) is 5.82 Å². The van der Waals surface area contributed by atoms with E-state index in [-0.39, 0.29) is 11.0 Å². The molecule has 0 spiro atoms. The zero-order valence-electron chi connectivity index (χ0n) is 22.1. The van der Waals surface area contributed by atoms with E-state index < -0.39 is 34.5 Å². The first-order chi connectivity index (χ1) is 17.3. The van der Waals surface area contributed by atoms with E-state index >= 15 is 0 Å². The van der Waals surface area contributed by atoms with Gasteiger partial charge in [-0.3, -0.25) is 4.79 Å². The first-order valence-electron chi connectivity index (χ1n) is 11.8. The van der Waals surface area contributed by atoms with Crippen molar-refractivity contribution in [1.82, 2.24) is 14.8 Å². The molecular weight excluding hydrogens is 492 g/mol. The minimum atomic E-state index is -0.832. The number of nitrogens with zero attached hydrogens (tertiary/aromatic N) is 4. The van der Waals surface area contributed by atoms with Crippen molar-refractivity contribution in [2.24, 2.45) is 0 Å². The van der Waals surface area contributed by atoms with E-state index in [1.807, 2.05) is 18.2 Å². The maximum atomic E-state index is 13.6. The van der Waals surface area contributed by atoms with Crippen LogP contribution < -0.4 is 4.90 Å². The zero-order valence-corrected chi connectivity index (χ0v) is 22.9. The number of carbonyl (C=O) groups is 3. The van der Waals surface area contributed by atoms with Crippen molar-refractivity contribution in [3.63, 3.8) is 0 Å². The molecule has 37 heavy (non-hydrogen) atoms. The van der Waals surface area contributed by atoms with Gasteiger partial charge in [0.2, 0.25) is 11.1 Å². The van der Waals surface area contributed by atoms with Crippen LogP contribution in [0.15, 0.2) is 65.8 Å². The van der Waals surface area contributed by atoms with E-state index in [4.69, 9.17) is 9.47 Å². The SMILES string of the molecule is CC(Sc1nnc(-c2ccccc2)n1C(=O)OC(C)(C)C)C(=O)N(C(=O)OC(C)(C)C)c1ccccc1. The maximum Gasteiger partial charge on any atom is 0.422 e. The van der Waals surface area contributed by atoms with Gasteiger partial charge in [-0.2, -0.15) is 0 Å². The Morgan fingerprint density at radius 3 is 1.92 bits per heavy atom. The third-order valence-corrected chi connectivity index (χ3v) is 5.71. The predicted octanol–water partition coefficient (Wildman–Crippen LogP) is 6.18. The van der Waals surface area contributed by atoms with Gasteiger partial charge in [0.05, 0.1) is 10.9 Å². The summed E-state index contributed by atoms with van der Waals surface area (Å²) in [5.41, 5.74) is -0.541. The van der Waals surface area contributed by atoms with Crippen molar-refractivity contribution in [3.05, 3.63) is 60.7 Å². The molecule has 9 nitrogen and oxygen atoms in total. The maximum absolute atomic E-state index is 13.6. The molecule has 1 atom stereocenters. The number of thioether (sulfide) groups is 1. The van der Waals surface area contributed by atoms with Crippen molar-refractivity contribution >= 4 is 35.5 Å². The second-order valence-corrected chi connectivity index (χ2v) is 11.5. The molecule has 3 rings (SSSR count). The summed E-state index contributed by atoms with van der Waals surface area (Å²) in [6, 6.07) is 17.6. The van der Waals surface area contributed by atoms with Gasteiger partial charge in [0.25, 0.3) is 0 Å². The van der Waals surface area contributed by atoms with Crippen molar-refractivity contribution in [2.45, 2.75) is 70.1 Å². The number of ether oxygens (including phenoxy) is 2. The Morgan fingerprint density at radius 1 is 0.838 bits per heavy atom. The summed E-state index contributed by atoms with van der Waals surface area (Å²) in [6.45, 7) is 12.1. The number of anilines is 1. The average Bonchev–Trinajstić information content (AvgIpc) is 3.22. The highest BCUT2D eigenvalue weighted by atomic mass is 32.2. The Bertz CT molecular complexity index is 1250.